The maximum absolute atomic E-state index is 12.3. The van der Waals surface area contributed by atoms with E-state index in [-0.39, 0.29) is 22.8 Å². The predicted octanol–water partition coefficient (Wildman–Crippen LogP) is 3.58. The number of hydrogen-bond acceptors (Lipinski definition) is 2. The Hall–Kier alpha value is -1.35. The molecule has 3 heteroatoms. The standard InChI is InChI=1S/C19H31NO2/c1-14-7-9-16(10-8-14)19(5,6)12-17(22)20-13-18(3,4)11-15(2)21/h7-10,15,21H,11-13H2,1-6H3,(H,20,22). The molecule has 1 rings (SSSR count). The molecule has 0 aliphatic carbocycles. The van der Waals surface area contributed by atoms with Gasteiger partial charge in [0.05, 0.1) is 6.10 Å². The maximum Gasteiger partial charge on any atom is 0.220 e. The Morgan fingerprint density at radius 3 is 2.23 bits per heavy atom. The average molecular weight is 305 g/mol. The van der Waals surface area contributed by atoms with E-state index in [1.54, 1.807) is 6.92 Å². The summed E-state index contributed by atoms with van der Waals surface area (Å²) in [5, 5.41) is 12.5. The quantitative estimate of drug-likeness (QED) is 0.809. The van der Waals surface area contributed by atoms with Gasteiger partial charge >= 0.3 is 0 Å². The van der Waals surface area contributed by atoms with Crippen molar-refractivity contribution in [2.75, 3.05) is 6.54 Å². The van der Waals surface area contributed by atoms with Gasteiger partial charge in [-0.3, -0.25) is 4.79 Å². The summed E-state index contributed by atoms with van der Waals surface area (Å²) < 4.78 is 0. The highest BCUT2D eigenvalue weighted by Crippen LogP contribution is 2.27. The van der Waals surface area contributed by atoms with Crippen molar-refractivity contribution < 1.29 is 9.90 Å². The summed E-state index contributed by atoms with van der Waals surface area (Å²) >= 11 is 0. The van der Waals surface area contributed by atoms with E-state index in [0.717, 1.165) is 0 Å². The molecule has 22 heavy (non-hydrogen) atoms. The van der Waals surface area contributed by atoms with Crippen LogP contribution >= 0.6 is 0 Å². The van der Waals surface area contributed by atoms with Gasteiger partial charge in [0.25, 0.3) is 0 Å². The summed E-state index contributed by atoms with van der Waals surface area (Å²) in [6.45, 7) is 12.7. The van der Waals surface area contributed by atoms with Crippen molar-refractivity contribution in [1.82, 2.24) is 5.32 Å². The van der Waals surface area contributed by atoms with Crippen molar-refractivity contribution in [3.63, 3.8) is 0 Å². The molecule has 0 heterocycles. The fourth-order valence-electron chi connectivity index (χ4n) is 2.78. The first kappa shape index (κ1) is 18.7. The molecular weight excluding hydrogens is 274 g/mol. The van der Waals surface area contributed by atoms with E-state index >= 15 is 0 Å². The molecule has 0 aliphatic heterocycles. The van der Waals surface area contributed by atoms with Crippen molar-refractivity contribution in [3.8, 4) is 0 Å². The summed E-state index contributed by atoms with van der Waals surface area (Å²) in [7, 11) is 0. The van der Waals surface area contributed by atoms with Crippen LogP contribution in [-0.4, -0.2) is 23.7 Å². The van der Waals surface area contributed by atoms with Crippen molar-refractivity contribution in [2.24, 2.45) is 5.41 Å². The number of carbonyl (C=O) groups is 1. The summed E-state index contributed by atoms with van der Waals surface area (Å²) in [6.07, 6.45) is 0.783. The lowest BCUT2D eigenvalue weighted by Gasteiger charge is -2.28. The van der Waals surface area contributed by atoms with Crippen LogP contribution in [0.1, 0.15) is 58.6 Å². The summed E-state index contributed by atoms with van der Waals surface area (Å²) in [6, 6.07) is 8.36. The number of aliphatic hydroxyl groups is 1. The van der Waals surface area contributed by atoms with Gasteiger partial charge in [-0.25, -0.2) is 0 Å². The van der Waals surface area contributed by atoms with Crippen LogP contribution in [0.2, 0.25) is 0 Å². The van der Waals surface area contributed by atoms with Crippen molar-refractivity contribution >= 4 is 5.91 Å². The Morgan fingerprint density at radius 2 is 1.73 bits per heavy atom. The third-order valence-corrected chi connectivity index (χ3v) is 4.05. The molecule has 2 N–H and O–H groups in total. The zero-order valence-electron chi connectivity index (χ0n) is 14.9. The van der Waals surface area contributed by atoms with Gasteiger partial charge in [-0.15, -0.1) is 0 Å². The lowest BCUT2D eigenvalue weighted by atomic mass is 9.80. The molecule has 1 amide bonds. The highest BCUT2D eigenvalue weighted by Gasteiger charge is 2.26. The topological polar surface area (TPSA) is 49.3 Å². The van der Waals surface area contributed by atoms with Gasteiger partial charge in [-0.1, -0.05) is 57.5 Å². The van der Waals surface area contributed by atoms with E-state index in [1.165, 1.54) is 11.1 Å². The summed E-state index contributed by atoms with van der Waals surface area (Å²) in [4.78, 5) is 12.3. The number of carbonyl (C=O) groups excluding carboxylic acids is 1. The van der Waals surface area contributed by atoms with Crippen molar-refractivity contribution in [3.05, 3.63) is 35.4 Å². The second kappa shape index (κ2) is 7.28. The number of aryl methyl sites for hydroxylation is 1. The van der Waals surface area contributed by atoms with Crippen LogP contribution < -0.4 is 5.32 Å². The smallest absolute Gasteiger partial charge is 0.220 e. The predicted molar refractivity (Wildman–Crippen MR) is 91.9 cm³/mol. The molecule has 0 fully saturated rings. The third-order valence-electron chi connectivity index (χ3n) is 4.05. The van der Waals surface area contributed by atoms with Crippen LogP contribution in [-0.2, 0) is 10.2 Å². The number of aliphatic hydroxyl groups excluding tert-OH is 1. The molecule has 1 aromatic carbocycles. The van der Waals surface area contributed by atoms with Crippen molar-refractivity contribution in [2.45, 2.75) is 65.9 Å². The second-order valence-corrected chi connectivity index (χ2v) is 7.92. The highest BCUT2D eigenvalue weighted by molar-refractivity contribution is 5.77. The number of amides is 1. The molecule has 0 saturated heterocycles. The minimum Gasteiger partial charge on any atom is -0.393 e. The van der Waals surface area contributed by atoms with Gasteiger partial charge < -0.3 is 10.4 Å². The van der Waals surface area contributed by atoms with Crippen LogP contribution in [0, 0.1) is 12.3 Å². The fraction of sp³-hybridized carbons (Fsp3) is 0.632. The Kier molecular flexibility index (Phi) is 6.18. The Balaban J connectivity index is 2.58. The number of hydrogen-bond donors (Lipinski definition) is 2. The monoisotopic (exact) mass is 305 g/mol. The zero-order chi connectivity index (χ0) is 17.0. The SMILES string of the molecule is Cc1ccc(C(C)(C)CC(=O)NCC(C)(C)CC(C)O)cc1. The average Bonchev–Trinajstić information content (AvgIpc) is 2.35. The number of rotatable bonds is 7. The van der Waals surface area contributed by atoms with Gasteiger partial charge in [-0.05, 0) is 36.7 Å². The maximum atomic E-state index is 12.3. The van der Waals surface area contributed by atoms with Crippen LogP contribution in [0.4, 0.5) is 0 Å². The number of nitrogens with one attached hydrogen (secondary N) is 1. The third kappa shape index (κ3) is 6.18. The lowest BCUT2D eigenvalue weighted by Crippen LogP contribution is -2.38. The first-order valence-electron chi connectivity index (χ1n) is 8.04. The summed E-state index contributed by atoms with van der Waals surface area (Å²) in [5.41, 5.74) is 2.12. The van der Waals surface area contributed by atoms with Gasteiger partial charge in [0.2, 0.25) is 5.91 Å². The molecule has 0 bridgehead atoms. The molecule has 1 aromatic rings. The van der Waals surface area contributed by atoms with E-state index in [1.807, 2.05) is 0 Å². The molecule has 0 radical (unpaired) electrons. The molecule has 124 valence electrons. The molecule has 1 unspecified atom stereocenters. The molecule has 3 nitrogen and oxygen atoms in total. The second-order valence-electron chi connectivity index (χ2n) is 7.92. The van der Waals surface area contributed by atoms with Gasteiger partial charge in [0.15, 0.2) is 0 Å². The Morgan fingerprint density at radius 1 is 1.18 bits per heavy atom. The van der Waals surface area contributed by atoms with E-state index in [4.69, 9.17) is 0 Å². The molecule has 0 spiro atoms. The zero-order valence-corrected chi connectivity index (χ0v) is 14.9. The van der Waals surface area contributed by atoms with E-state index in [9.17, 15) is 9.90 Å². The van der Waals surface area contributed by atoms with E-state index in [2.05, 4.69) is 64.2 Å². The van der Waals surface area contributed by atoms with Crippen LogP contribution in [0.15, 0.2) is 24.3 Å². The van der Waals surface area contributed by atoms with Crippen LogP contribution in [0.5, 0.6) is 0 Å². The first-order valence-corrected chi connectivity index (χ1v) is 8.04. The fourth-order valence-corrected chi connectivity index (χ4v) is 2.78. The summed E-state index contributed by atoms with van der Waals surface area (Å²) in [5.74, 6) is 0.0595. The van der Waals surface area contributed by atoms with E-state index in [0.29, 0.717) is 19.4 Å². The Labute approximate surface area is 135 Å². The molecule has 0 aliphatic rings. The molecule has 1 atom stereocenters. The normalized spacial score (nSPS) is 13.8. The van der Waals surface area contributed by atoms with Gasteiger partial charge in [0, 0.05) is 13.0 Å². The molecular formula is C19H31NO2. The van der Waals surface area contributed by atoms with Gasteiger partial charge in [0.1, 0.15) is 0 Å². The largest absolute Gasteiger partial charge is 0.393 e. The van der Waals surface area contributed by atoms with Crippen molar-refractivity contribution in [1.29, 1.82) is 0 Å². The minimum absolute atomic E-state index is 0.0595. The van der Waals surface area contributed by atoms with Crippen LogP contribution in [0.3, 0.4) is 0 Å². The first-order chi connectivity index (χ1) is 10.0. The lowest BCUT2D eigenvalue weighted by molar-refractivity contribution is -0.122. The number of benzene rings is 1. The Bertz CT molecular complexity index is 487. The van der Waals surface area contributed by atoms with Gasteiger partial charge in [-0.2, -0.15) is 0 Å². The minimum atomic E-state index is -0.351. The molecule has 0 saturated carbocycles. The van der Waals surface area contributed by atoms with Crippen LogP contribution in [0.25, 0.3) is 0 Å². The highest BCUT2D eigenvalue weighted by atomic mass is 16.3. The van der Waals surface area contributed by atoms with E-state index < -0.39 is 0 Å². The molecule has 0 aromatic heterocycles.